The van der Waals surface area contributed by atoms with E-state index in [4.69, 9.17) is 13.2 Å². The van der Waals surface area contributed by atoms with Crippen molar-refractivity contribution < 1.29 is 21.6 Å². The van der Waals surface area contributed by atoms with Crippen LogP contribution >= 0.6 is 7.58 Å². The average Bonchev–Trinajstić information content (AvgIpc) is 2.63. The van der Waals surface area contributed by atoms with Crippen molar-refractivity contribution >= 4 is 17.3 Å². The van der Waals surface area contributed by atoms with Crippen molar-refractivity contribution in [1.29, 1.82) is 0 Å². The van der Waals surface area contributed by atoms with Gasteiger partial charge in [0.25, 0.3) is 0 Å². The Hall–Kier alpha value is -2.56. The Morgan fingerprint density at radius 3 is 1.32 bits per heavy atom. The minimum atomic E-state index is -4.15. The van der Waals surface area contributed by atoms with Crippen molar-refractivity contribution in [3.8, 4) is 17.2 Å². The molecule has 0 fully saturated rings. The quantitative estimate of drug-likeness (QED) is 0.557. The molecule has 3 aromatic carbocycles. The van der Waals surface area contributed by atoms with Crippen molar-refractivity contribution in [3.05, 3.63) is 91.0 Å². The molecule has 0 aliphatic carbocycles. The number of hydrogen-bond acceptors (Lipinski definition) is 5. The second kappa shape index (κ2) is 8.01. The summed E-state index contributed by atoms with van der Waals surface area (Å²) in [7, 11) is -6.58. The molecule has 0 unspecified atom stereocenters. The maximum absolute atomic E-state index is 12.7. The van der Waals surface area contributed by atoms with E-state index in [-0.39, 0.29) is 5.75 Å². The monoisotopic (exact) mass is 374 g/mol. The van der Waals surface area contributed by atoms with Crippen LogP contribution in [0.1, 0.15) is 0 Å². The van der Waals surface area contributed by atoms with Crippen LogP contribution in [0.3, 0.4) is 0 Å². The van der Waals surface area contributed by atoms with Gasteiger partial charge in [-0.05, 0) is 36.4 Å². The minimum absolute atomic E-state index is 0.198. The predicted molar refractivity (Wildman–Crippen MR) is 97.0 cm³/mol. The molecule has 0 heterocycles. The first kappa shape index (κ1) is 17.3. The zero-order valence-corrected chi connectivity index (χ0v) is 14.8. The van der Waals surface area contributed by atoms with Crippen molar-refractivity contribution in [1.82, 2.24) is 0 Å². The Kier molecular flexibility index (Phi) is 5.53. The summed E-state index contributed by atoms with van der Waals surface area (Å²) in [5.41, 5.74) is 0. The van der Waals surface area contributed by atoms with E-state index in [9.17, 15) is 8.42 Å². The second-order valence-corrected chi connectivity index (χ2v) is 8.93. The van der Waals surface area contributed by atoms with Crippen molar-refractivity contribution in [3.63, 3.8) is 0 Å². The van der Waals surface area contributed by atoms with Gasteiger partial charge in [0.2, 0.25) is 0 Å². The molecule has 128 valence electrons. The summed E-state index contributed by atoms with van der Waals surface area (Å²) in [6.45, 7) is 0. The van der Waals surface area contributed by atoms with E-state index in [0.717, 1.165) is 0 Å². The third-order valence-corrected chi connectivity index (χ3v) is 6.23. The third kappa shape index (κ3) is 4.95. The van der Waals surface area contributed by atoms with E-state index in [2.05, 4.69) is 0 Å². The largest absolute Gasteiger partial charge is 0.465 e. The SMILES string of the molecule is O=S(=O)(Oc1ccccc1)P(Oc1ccccc1)Oc1ccccc1. The molecule has 0 N–H and O–H groups in total. The van der Waals surface area contributed by atoms with Gasteiger partial charge in [-0.1, -0.05) is 54.6 Å². The fraction of sp³-hybridized carbons (Fsp3) is 0. The smallest absolute Gasteiger partial charge is 0.426 e. The molecule has 0 radical (unpaired) electrons. The molecule has 0 aromatic heterocycles. The van der Waals surface area contributed by atoms with Crippen LogP contribution in [0.25, 0.3) is 0 Å². The van der Waals surface area contributed by atoms with Gasteiger partial charge in [0.15, 0.2) is 0 Å². The van der Waals surface area contributed by atoms with Gasteiger partial charge in [-0.3, -0.25) is 0 Å². The zero-order chi connectivity index (χ0) is 17.5. The Bertz CT molecular complexity index is 845. The van der Waals surface area contributed by atoms with Crippen LogP contribution in [-0.4, -0.2) is 8.42 Å². The van der Waals surface area contributed by atoms with E-state index < -0.39 is 17.3 Å². The maximum Gasteiger partial charge on any atom is 0.465 e. The number of benzene rings is 3. The standard InChI is InChI=1S/C18H15O5PS/c19-25(20,23-18-14-8-3-9-15-18)24(21-16-10-4-1-5-11-16)22-17-12-6-2-7-13-17/h1-15H. The number of hydrogen-bond donors (Lipinski definition) is 0. The van der Waals surface area contributed by atoms with E-state index >= 15 is 0 Å². The normalized spacial score (nSPS) is 11.1. The topological polar surface area (TPSA) is 61.8 Å². The molecule has 0 saturated heterocycles. The van der Waals surface area contributed by atoms with Gasteiger partial charge in [0.1, 0.15) is 17.2 Å². The Morgan fingerprint density at radius 1 is 0.560 bits per heavy atom. The number of para-hydroxylation sites is 3. The third-order valence-electron chi connectivity index (χ3n) is 2.97. The highest BCUT2D eigenvalue weighted by molar-refractivity contribution is 8.45. The molecule has 7 heteroatoms. The van der Waals surface area contributed by atoms with Crippen LogP contribution in [0.4, 0.5) is 0 Å². The lowest BCUT2D eigenvalue weighted by molar-refractivity contribution is 0.466. The molecular weight excluding hydrogens is 359 g/mol. The van der Waals surface area contributed by atoms with Crippen LogP contribution < -0.4 is 13.2 Å². The highest BCUT2D eigenvalue weighted by atomic mass is 32.8. The molecule has 0 saturated carbocycles. The molecule has 0 aliphatic heterocycles. The zero-order valence-electron chi connectivity index (χ0n) is 13.1. The van der Waals surface area contributed by atoms with E-state index in [0.29, 0.717) is 11.5 Å². The van der Waals surface area contributed by atoms with Gasteiger partial charge in [-0.25, -0.2) is 0 Å². The first-order valence-corrected chi connectivity index (χ1v) is 10.6. The summed E-state index contributed by atoms with van der Waals surface area (Å²) in [5.74, 6) is 0.956. The second-order valence-electron chi connectivity index (χ2n) is 4.86. The van der Waals surface area contributed by atoms with E-state index in [1.165, 1.54) is 0 Å². The summed E-state index contributed by atoms with van der Waals surface area (Å²) in [5, 5.41) is 0. The van der Waals surface area contributed by atoms with E-state index in [1.54, 1.807) is 78.9 Å². The van der Waals surface area contributed by atoms with Crippen molar-refractivity contribution in [2.24, 2.45) is 0 Å². The summed E-state index contributed by atoms with van der Waals surface area (Å²) in [6, 6.07) is 25.5. The van der Waals surface area contributed by atoms with E-state index in [1.807, 2.05) is 12.1 Å². The molecule has 0 amide bonds. The lowest BCUT2D eigenvalue weighted by atomic mass is 10.3. The highest BCUT2D eigenvalue weighted by Gasteiger charge is 2.35. The first-order valence-electron chi connectivity index (χ1n) is 7.39. The summed E-state index contributed by atoms with van der Waals surface area (Å²) in [4.78, 5) is 0. The van der Waals surface area contributed by atoms with Crippen LogP contribution in [0, 0.1) is 0 Å². The Labute approximate surface area is 147 Å². The molecule has 3 rings (SSSR count). The minimum Gasteiger partial charge on any atom is -0.426 e. The molecular formula is C18H15O5PS. The average molecular weight is 374 g/mol. The Balaban J connectivity index is 1.86. The van der Waals surface area contributed by atoms with Gasteiger partial charge < -0.3 is 13.2 Å². The Morgan fingerprint density at radius 2 is 0.920 bits per heavy atom. The molecule has 3 aromatic rings. The van der Waals surface area contributed by atoms with Gasteiger partial charge in [-0.15, -0.1) is 0 Å². The summed E-state index contributed by atoms with van der Waals surface area (Å²) in [6.07, 6.45) is 0. The fourth-order valence-electron chi connectivity index (χ4n) is 1.87. The molecule has 0 atom stereocenters. The van der Waals surface area contributed by atoms with Crippen LogP contribution in [0.2, 0.25) is 0 Å². The van der Waals surface area contributed by atoms with Crippen LogP contribution in [-0.2, 0) is 9.74 Å². The number of rotatable bonds is 7. The molecule has 0 spiro atoms. The molecule has 25 heavy (non-hydrogen) atoms. The molecule has 0 bridgehead atoms. The summed E-state index contributed by atoms with van der Waals surface area (Å²) >= 11 is 0. The maximum atomic E-state index is 12.7. The first-order chi connectivity index (χ1) is 12.1. The van der Waals surface area contributed by atoms with Crippen molar-refractivity contribution in [2.75, 3.05) is 0 Å². The lowest BCUT2D eigenvalue weighted by Crippen LogP contribution is -2.13. The van der Waals surface area contributed by atoms with Gasteiger partial charge >= 0.3 is 17.3 Å². The van der Waals surface area contributed by atoms with Crippen LogP contribution in [0.15, 0.2) is 91.0 Å². The highest BCUT2D eigenvalue weighted by Crippen LogP contribution is 2.47. The molecule has 5 nitrogen and oxygen atoms in total. The van der Waals surface area contributed by atoms with Gasteiger partial charge in [0, 0.05) is 0 Å². The fourth-order valence-corrected chi connectivity index (χ4v) is 4.60. The molecule has 0 aliphatic rings. The van der Waals surface area contributed by atoms with Gasteiger partial charge in [0.05, 0.1) is 0 Å². The predicted octanol–water partition coefficient (Wildman–Crippen LogP) is 4.78. The van der Waals surface area contributed by atoms with Gasteiger partial charge in [-0.2, -0.15) is 8.42 Å². The van der Waals surface area contributed by atoms with Crippen LogP contribution in [0.5, 0.6) is 17.2 Å². The lowest BCUT2D eigenvalue weighted by Gasteiger charge is -2.18. The summed E-state index contributed by atoms with van der Waals surface area (Å²) < 4.78 is 41.7. The van der Waals surface area contributed by atoms with Crippen molar-refractivity contribution in [2.45, 2.75) is 0 Å².